The van der Waals surface area contributed by atoms with Crippen LogP contribution in [0.25, 0.3) is 0 Å². The van der Waals surface area contributed by atoms with Crippen molar-refractivity contribution in [1.29, 1.82) is 0 Å². The summed E-state index contributed by atoms with van der Waals surface area (Å²) in [7, 11) is 4.59. The van der Waals surface area contributed by atoms with E-state index in [1.165, 1.54) is 7.11 Å². The molecule has 138 valence electrons. The van der Waals surface area contributed by atoms with Gasteiger partial charge in [0.25, 0.3) is 0 Å². The number of nitrogens with zero attached hydrogens (tertiary/aromatic N) is 1. The molecule has 1 aromatic rings. The van der Waals surface area contributed by atoms with Gasteiger partial charge in [-0.1, -0.05) is 18.9 Å². The molecule has 1 saturated heterocycles. The largest absolute Gasteiger partial charge is 0.493 e. The first-order valence-corrected chi connectivity index (χ1v) is 8.83. The number of amides is 1. The molecule has 1 heterocycles. The second-order valence-electron chi connectivity index (χ2n) is 6.93. The highest BCUT2D eigenvalue weighted by Crippen LogP contribution is 2.50. The summed E-state index contributed by atoms with van der Waals surface area (Å²) in [6.07, 6.45) is 4.01. The van der Waals surface area contributed by atoms with E-state index in [0.717, 1.165) is 31.2 Å². The Kier molecular flexibility index (Phi) is 5.08. The summed E-state index contributed by atoms with van der Waals surface area (Å²) >= 11 is 0. The fourth-order valence-corrected chi connectivity index (χ4v) is 4.45. The second-order valence-corrected chi connectivity index (χ2v) is 6.93. The third kappa shape index (κ3) is 3.15. The van der Waals surface area contributed by atoms with Crippen LogP contribution in [0.1, 0.15) is 43.7 Å². The zero-order valence-electron chi connectivity index (χ0n) is 15.2. The molecule has 3 unspecified atom stereocenters. The van der Waals surface area contributed by atoms with Crippen molar-refractivity contribution >= 4 is 6.09 Å². The van der Waals surface area contributed by atoms with E-state index in [2.05, 4.69) is 0 Å². The highest BCUT2D eigenvalue weighted by molar-refractivity contribution is 5.68. The van der Waals surface area contributed by atoms with Gasteiger partial charge in [-0.05, 0) is 37.0 Å². The van der Waals surface area contributed by atoms with E-state index in [9.17, 15) is 9.90 Å². The van der Waals surface area contributed by atoms with Crippen molar-refractivity contribution in [3.63, 3.8) is 0 Å². The van der Waals surface area contributed by atoms with Crippen molar-refractivity contribution in [3.8, 4) is 11.5 Å². The number of methoxy groups -OCH3 is 3. The number of aliphatic hydroxyl groups is 1. The van der Waals surface area contributed by atoms with Gasteiger partial charge in [0.2, 0.25) is 0 Å². The van der Waals surface area contributed by atoms with Gasteiger partial charge in [0.1, 0.15) is 0 Å². The molecule has 1 aromatic carbocycles. The Labute approximate surface area is 148 Å². The minimum Gasteiger partial charge on any atom is -0.493 e. The van der Waals surface area contributed by atoms with E-state index in [1.807, 2.05) is 18.2 Å². The van der Waals surface area contributed by atoms with E-state index < -0.39 is 5.60 Å². The molecule has 25 heavy (non-hydrogen) atoms. The number of hydrogen-bond acceptors (Lipinski definition) is 5. The molecule has 2 fully saturated rings. The summed E-state index contributed by atoms with van der Waals surface area (Å²) in [6.45, 7) is 0.485. The molecule has 2 aliphatic rings. The third-order valence-electron chi connectivity index (χ3n) is 5.73. The monoisotopic (exact) mass is 349 g/mol. The first kappa shape index (κ1) is 17.9. The number of piperidine rings is 1. The number of rotatable bonds is 3. The molecule has 0 bridgehead atoms. The minimum absolute atomic E-state index is 0.00722. The molecular formula is C19H27NO5. The Hall–Kier alpha value is -1.95. The highest BCUT2D eigenvalue weighted by atomic mass is 16.5. The zero-order chi connectivity index (χ0) is 18.0. The molecule has 3 rings (SSSR count). The zero-order valence-corrected chi connectivity index (χ0v) is 15.2. The number of benzene rings is 1. The number of ether oxygens (including phenoxy) is 3. The van der Waals surface area contributed by atoms with Crippen molar-refractivity contribution in [3.05, 3.63) is 23.8 Å². The fourth-order valence-electron chi connectivity index (χ4n) is 4.45. The lowest BCUT2D eigenvalue weighted by molar-refractivity contribution is -0.117. The lowest BCUT2D eigenvalue weighted by Gasteiger charge is -2.52. The van der Waals surface area contributed by atoms with Crippen LogP contribution in [-0.2, 0) is 4.74 Å². The van der Waals surface area contributed by atoms with Crippen LogP contribution in [0.3, 0.4) is 0 Å². The van der Waals surface area contributed by atoms with Gasteiger partial charge in [-0.25, -0.2) is 4.79 Å². The van der Waals surface area contributed by atoms with E-state index in [4.69, 9.17) is 14.2 Å². The van der Waals surface area contributed by atoms with Gasteiger partial charge in [0, 0.05) is 12.5 Å². The molecule has 0 spiro atoms. The van der Waals surface area contributed by atoms with Crippen LogP contribution in [0.2, 0.25) is 0 Å². The summed E-state index contributed by atoms with van der Waals surface area (Å²) in [5.74, 6) is 1.26. The van der Waals surface area contributed by atoms with Crippen LogP contribution in [0, 0.1) is 5.92 Å². The first-order chi connectivity index (χ1) is 12.0. The van der Waals surface area contributed by atoms with Crippen LogP contribution in [-0.4, -0.2) is 49.6 Å². The Balaban J connectivity index is 2.04. The molecule has 1 amide bonds. The van der Waals surface area contributed by atoms with Crippen LogP contribution < -0.4 is 9.47 Å². The Morgan fingerprint density at radius 1 is 1.16 bits per heavy atom. The summed E-state index contributed by atoms with van der Waals surface area (Å²) in [4.78, 5) is 14.1. The van der Waals surface area contributed by atoms with Crippen LogP contribution >= 0.6 is 0 Å². The van der Waals surface area contributed by atoms with E-state index in [0.29, 0.717) is 24.5 Å². The normalized spacial score (nSPS) is 28.9. The van der Waals surface area contributed by atoms with E-state index in [-0.39, 0.29) is 18.1 Å². The molecule has 6 nitrogen and oxygen atoms in total. The van der Waals surface area contributed by atoms with Gasteiger partial charge in [-0.3, -0.25) is 0 Å². The SMILES string of the molecule is COC(=O)N1CCC2(O)CCCCC2C1c1ccc(OC)c(OC)c1. The number of likely N-dealkylation sites (tertiary alicyclic amines) is 1. The standard InChI is InChI=1S/C19H27NO5/c1-23-15-8-7-13(12-16(15)24-2)17-14-6-4-5-9-19(14,22)10-11-20(17)18(21)25-3/h7-8,12,14,17,22H,4-6,9-11H2,1-3H3. The quantitative estimate of drug-likeness (QED) is 0.908. The maximum absolute atomic E-state index is 12.4. The van der Waals surface area contributed by atoms with Gasteiger partial charge in [0.15, 0.2) is 11.5 Å². The predicted octanol–water partition coefficient (Wildman–Crippen LogP) is 3.14. The lowest BCUT2D eigenvalue weighted by Crippen LogP contribution is -2.56. The summed E-state index contributed by atoms with van der Waals surface area (Å²) in [5.41, 5.74) is 0.216. The molecule has 1 aliphatic carbocycles. The van der Waals surface area contributed by atoms with E-state index >= 15 is 0 Å². The van der Waals surface area contributed by atoms with Crippen molar-refractivity contribution in [2.24, 2.45) is 5.92 Å². The van der Waals surface area contributed by atoms with Crippen molar-refractivity contribution in [2.45, 2.75) is 43.7 Å². The molecular weight excluding hydrogens is 322 g/mol. The predicted molar refractivity (Wildman–Crippen MR) is 92.9 cm³/mol. The summed E-state index contributed by atoms with van der Waals surface area (Å²) < 4.78 is 15.8. The Morgan fingerprint density at radius 2 is 1.92 bits per heavy atom. The number of hydrogen-bond donors (Lipinski definition) is 1. The average Bonchev–Trinajstić information content (AvgIpc) is 2.65. The van der Waals surface area contributed by atoms with Crippen LogP contribution in [0.15, 0.2) is 18.2 Å². The van der Waals surface area contributed by atoms with Crippen LogP contribution in [0.4, 0.5) is 4.79 Å². The van der Waals surface area contributed by atoms with Gasteiger partial charge >= 0.3 is 6.09 Å². The molecule has 1 saturated carbocycles. The van der Waals surface area contributed by atoms with Crippen molar-refractivity contribution in [2.75, 3.05) is 27.9 Å². The van der Waals surface area contributed by atoms with Crippen LogP contribution in [0.5, 0.6) is 11.5 Å². The van der Waals surface area contributed by atoms with Gasteiger partial charge in [-0.2, -0.15) is 0 Å². The number of carbonyl (C=O) groups excluding carboxylic acids is 1. The van der Waals surface area contributed by atoms with Gasteiger partial charge < -0.3 is 24.2 Å². The molecule has 0 aromatic heterocycles. The molecule has 1 N–H and O–H groups in total. The molecule has 3 atom stereocenters. The Bertz CT molecular complexity index is 634. The van der Waals surface area contributed by atoms with Gasteiger partial charge in [-0.15, -0.1) is 0 Å². The topological polar surface area (TPSA) is 68.2 Å². The second kappa shape index (κ2) is 7.12. The van der Waals surface area contributed by atoms with E-state index in [1.54, 1.807) is 19.1 Å². The molecule has 6 heteroatoms. The first-order valence-electron chi connectivity index (χ1n) is 8.83. The number of carbonyl (C=O) groups is 1. The summed E-state index contributed by atoms with van der Waals surface area (Å²) in [6, 6.07) is 5.47. The minimum atomic E-state index is -0.722. The summed E-state index contributed by atoms with van der Waals surface area (Å²) in [5, 5.41) is 11.2. The van der Waals surface area contributed by atoms with Crippen molar-refractivity contribution < 1.29 is 24.1 Å². The maximum Gasteiger partial charge on any atom is 0.410 e. The smallest absolute Gasteiger partial charge is 0.410 e. The molecule has 1 aliphatic heterocycles. The van der Waals surface area contributed by atoms with Gasteiger partial charge in [0.05, 0.1) is 33.0 Å². The highest BCUT2D eigenvalue weighted by Gasteiger charge is 2.50. The lowest BCUT2D eigenvalue weighted by atomic mass is 9.66. The maximum atomic E-state index is 12.4. The third-order valence-corrected chi connectivity index (χ3v) is 5.73. The van der Waals surface area contributed by atoms with Crippen molar-refractivity contribution in [1.82, 2.24) is 4.90 Å². The molecule has 0 radical (unpaired) electrons. The Morgan fingerprint density at radius 3 is 2.60 bits per heavy atom. The average molecular weight is 349 g/mol. The number of fused-ring (bicyclic) bond motifs is 1. The fraction of sp³-hybridized carbons (Fsp3) is 0.632.